The van der Waals surface area contributed by atoms with Crippen LogP contribution >= 0.6 is 27.5 Å². The summed E-state index contributed by atoms with van der Waals surface area (Å²) in [4.78, 5) is 11.4. The van der Waals surface area contributed by atoms with E-state index in [1.807, 2.05) is 0 Å². The molecule has 18 heavy (non-hydrogen) atoms. The van der Waals surface area contributed by atoms with Gasteiger partial charge in [-0.3, -0.25) is 4.79 Å². The van der Waals surface area contributed by atoms with E-state index < -0.39 is 5.82 Å². The minimum atomic E-state index is -0.393. The van der Waals surface area contributed by atoms with Crippen LogP contribution in [0, 0.1) is 5.82 Å². The van der Waals surface area contributed by atoms with Crippen molar-refractivity contribution in [1.82, 2.24) is 4.57 Å². The third-order valence-electron chi connectivity index (χ3n) is 2.47. The number of halogens is 3. The van der Waals surface area contributed by atoms with Gasteiger partial charge in [0.2, 0.25) is 5.43 Å². The second-order valence-corrected chi connectivity index (χ2v) is 5.02. The lowest BCUT2D eigenvalue weighted by Crippen LogP contribution is -2.14. The number of rotatable bonds is 2. The lowest BCUT2D eigenvalue weighted by molar-refractivity contribution is 0.599. The van der Waals surface area contributed by atoms with Crippen LogP contribution in [0.25, 0.3) is 0 Å². The van der Waals surface area contributed by atoms with Crippen molar-refractivity contribution in [3.8, 4) is 0 Å². The van der Waals surface area contributed by atoms with Crippen LogP contribution in [-0.2, 0) is 6.54 Å². The van der Waals surface area contributed by atoms with E-state index in [1.165, 1.54) is 18.3 Å². The Morgan fingerprint density at radius 3 is 2.72 bits per heavy atom. The van der Waals surface area contributed by atoms with Gasteiger partial charge in [-0.15, -0.1) is 0 Å². The largest absolute Gasteiger partial charge is 0.394 e. The van der Waals surface area contributed by atoms with E-state index in [0.29, 0.717) is 15.1 Å². The molecular formula is C12H9BrClFN2O. The van der Waals surface area contributed by atoms with Gasteiger partial charge in [-0.25, -0.2) is 4.39 Å². The van der Waals surface area contributed by atoms with Gasteiger partial charge in [0.15, 0.2) is 0 Å². The monoisotopic (exact) mass is 330 g/mol. The maximum atomic E-state index is 13.6. The van der Waals surface area contributed by atoms with Crippen LogP contribution in [0.2, 0.25) is 5.02 Å². The maximum Gasteiger partial charge on any atom is 0.218 e. The molecule has 94 valence electrons. The van der Waals surface area contributed by atoms with Gasteiger partial charge in [-0.1, -0.05) is 17.7 Å². The van der Waals surface area contributed by atoms with Crippen LogP contribution in [0.15, 0.2) is 39.9 Å². The van der Waals surface area contributed by atoms with Crippen LogP contribution < -0.4 is 11.2 Å². The zero-order valence-corrected chi connectivity index (χ0v) is 11.5. The topological polar surface area (TPSA) is 48.0 Å². The molecule has 0 saturated heterocycles. The standard InChI is InChI=1S/C12H9BrClFN2O/c13-8-5-17(6-11(16)12(8)18)4-7-9(14)2-1-3-10(7)15/h1-3,5-6H,4,16H2. The summed E-state index contributed by atoms with van der Waals surface area (Å²) in [6.45, 7) is 0.203. The Morgan fingerprint density at radius 1 is 1.39 bits per heavy atom. The number of hydrogen-bond donors (Lipinski definition) is 1. The van der Waals surface area contributed by atoms with Crippen molar-refractivity contribution in [3.05, 3.63) is 61.7 Å². The third-order valence-corrected chi connectivity index (χ3v) is 3.38. The van der Waals surface area contributed by atoms with Crippen LogP contribution in [0.3, 0.4) is 0 Å². The van der Waals surface area contributed by atoms with Crippen molar-refractivity contribution in [2.45, 2.75) is 6.54 Å². The molecule has 0 spiro atoms. The molecule has 1 heterocycles. The van der Waals surface area contributed by atoms with Gasteiger partial charge >= 0.3 is 0 Å². The van der Waals surface area contributed by atoms with E-state index in [0.717, 1.165) is 0 Å². The molecule has 0 saturated carbocycles. The zero-order chi connectivity index (χ0) is 13.3. The molecule has 0 radical (unpaired) electrons. The Morgan fingerprint density at radius 2 is 2.11 bits per heavy atom. The smallest absolute Gasteiger partial charge is 0.218 e. The van der Waals surface area contributed by atoms with E-state index in [4.69, 9.17) is 17.3 Å². The highest BCUT2D eigenvalue weighted by Crippen LogP contribution is 2.20. The van der Waals surface area contributed by atoms with E-state index in [1.54, 1.807) is 16.8 Å². The van der Waals surface area contributed by atoms with Crippen LogP contribution in [-0.4, -0.2) is 4.57 Å². The van der Waals surface area contributed by atoms with Crippen molar-refractivity contribution in [3.63, 3.8) is 0 Å². The summed E-state index contributed by atoms with van der Waals surface area (Å²) in [5.41, 5.74) is 5.72. The fourth-order valence-corrected chi connectivity index (χ4v) is 2.29. The van der Waals surface area contributed by atoms with E-state index >= 15 is 0 Å². The highest BCUT2D eigenvalue weighted by atomic mass is 79.9. The fraction of sp³-hybridized carbons (Fsp3) is 0.0833. The summed E-state index contributed by atoms with van der Waals surface area (Å²) < 4.78 is 15.5. The molecule has 3 nitrogen and oxygen atoms in total. The Kier molecular flexibility index (Phi) is 3.73. The second-order valence-electron chi connectivity index (χ2n) is 3.76. The molecule has 0 aliphatic heterocycles. The number of pyridine rings is 1. The molecule has 0 bridgehead atoms. The molecule has 0 unspecified atom stereocenters. The number of nitrogens with zero attached hydrogens (tertiary/aromatic N) is 1. The minimum Gasteiger partial charge on any atom is -0.394 e. The highest BCUT2D eigenvalue weighted by Gasteiger charge is 2.09. The van der Waals surface area contributed by atoms with Gasteiger partial charge in [-0.05, 0) is 28.1 Å². The average Bonchev–Trinajstić information content (AvgIpc) is 2.31. The molecule has 0 aliphatic rings. The second kappa shape index (κ2) is 5.12. The van der Waals surface area contributed by atoms with Crippen LogP contribution in [0.1, 0.15) is 5.56 Å². The molecule has 0 atom stereocenters. The summed E-state index contributed by atoms with van der Waals surface area (Å²) >= 11 is 9.04. The minimum absolute atomic E-state index is 0.0943. The van der Waals surface area contributed by atoms with Gasteiger partial charge < -0.3 is 10.3 Å². The van der Waals surface area contributed by atoms with Crippen molar-refractivity contribution in [2.75, 3.05) is 5.73 Å². The van der Waals surface area contributed by atoms with Crippen LogP contribution in [0.5, 0.6) is 0 Å². The normalized spacial score (nSPS) is 10.6. The number of anilines is 1. The van der Waals surface area contributed by atoms with Crippen molar-refractivity contribution >= 4 is 33.2 Å². The fourth-order valence-electron chi connectivity index (χ4n) is 1.57. The highest BCUT2D eigenvalue weighted by molar-refractivity contribution is 9.10. The summed E-state index contributed by atoms with van der Waals surface area (Å²) in [7, 11) is 0. The van der Waals surface area contributed by atoms with E-state index in [9.17, 15) is 9.18 Å². The summed E-state index contributed by atoms with van der Waals surface area (Å²) in [5.74, 6) is -0.393. The van der Waals surface area contributed by atoms with Gasteiger partial charge in [0.25, 0.3) is 0 Å². The van der Waals surface area contributed by atoms with Gasteiger partial charge in [0.05, 0.1) is 16.7 Å². The summed E-state index contributed by atoms with van der Waals surface area (Å²) in [6, 6.07) is 4.49. The Labute approximate surface area is 116 Å². The Bertz CT molecular complexity index is 611. The number of nitrogen functional groups attached to an aromatic ring is 1. The predicted molar refractivity (Wildman–Crippen MR) is 73.3 cm³/mol. The molecule has 2 N–H and O–H groups in total. The molecule has 1 aromatic carbocycles. The predicted octanol–water partition coefficient (Wildman–Crippen LogP) is 3.03. The lowest BCUT2D eigenvalue weighted by atomic mass is 10.2. The molecule has 6 heteroatoms. The zero-order valence-electron chi connectivity index (χ0n) is 9.16. The van der Waals surface area contributed by atoms with E-state index in [-0.39, 0.29) is 17.7 Å². The molecule has 0 aliphatic carbocycles. The number of hydrogen-bond acceptors (Lipinski definition) is 2. The van der Waals surface area contributed by atoms with Gasteiger partial charge in [-0.2, -0.15) is 0 Å². The van der Waals surface area contributed by atoms with Crippen molar-refractivity contribution in [2.24, 2.45) is 0 Å². The van der Waals surface area contributed by atoms with Gasteiger partial charge in [0, 0.05) is 23.0 Å². The van der Waals surface area contributed by atoms with Gasteiger partial charge in [0.1, 0.15) is 5.82 Å². The maximum absolute atomic E-state index is 13.6. The summed E-state index contributed by atoms with van der Waals surface area (Å²) in [5, 5.41) is 0.336. The first kappa shape index (κ1) is 13.1. The molecule has 0 amide bonds. The summed E-state index contributed by atoms with van der Waals surface area (Å²) in [6.07, 6.45) is 3.00. The number of aromatic nitrogens is 1. The third kappa shape index (κ3) is 2.57. The van der Waals surface area contributed by atoms with Crippen molar-refractivity contribution in [1.29, 1.82) is 0 Å². The quantitative estimate of drug-likeness (QED) is 0.919. The average molecular weight is 332 g/mol. The number of benzene rings is 1. The molecule has 0 fully saturated rings. The lowest BCUT2D eigenvalue weighted by Gasteiger charge is -2.10. The van der Waals surface area contributed by atoms with E-state index in [2.05, 4.69) is 15.9 Å². The molecule has 2 aromatic rings. The molecule has 1 aromatic heterocycles. The Hall–Kier alpha value is -1.33. The molecule has 2 rings (SSSR count). The Balaban J connectivity index is 2.44. The first-order valence-electron chi connectivity index (χ1n) is 5.07. The first-order chi connectivity index (χ1) is 8.49. The SMILES string of the molecule is Nc1cn(Cc2c(F)cccc2Cl)cc(Br)c1=O. The van der Waals surface area contributed by atoms with Crippen LogP contribution in [0.4, 0.5) is 10.1 Å². The first-order valence-corrected chi connectivity index (χ1v) is 6.24. The number of nitrogens with two attached hydrogens (primary N) is 1. The van der Waals surface area contributed by atoms with Crippen molar-refractivity contribution < 1.29 is 4.39 Å². The molecular weight excluding hydrogens is 323 g/mol.